The average Bonchev–Trinajstić information content (AvgIpc) is 3.41. The molecule has 1 amide bonds. The van der Waals surface area contributed by atoms with Crippen LogP contribution in [0.3, 0.4) is 0 Å². The molecular formula is C69H137NO5. The Morgan fingerprint density at radius 3 is 0.813 bits per heavy atom. The number of rotatable bonds is 66. The standard InChI is InChI=1S/C69H137NO5/c1-3-5-7-9-11-13-15-17-19-20-21-22-25-28-31-34-37-41-45-49-53-57-61-67(72)66(65-71)70-68(73)62-58-54-50-46-42-38-35-32-29-26-23-24-27-30-33-36-40-44-48-52-56-60-64-75-69(74)63-59-55-51-47-43-39-18-16-14-12-10-8-6-4-2/h66-67,71-72H,3-65H2,1-2H3,(H,70,73). The molecule has 6 nitrogen and oxygen atoms in total. The second kappa shape index (κ2) is 65.4. The lowest BCUT2D eigenvalue weighted by atomic mass is 10.0. The van der Waals surface area contributed by atoms with Crippen molar-refractivity contribution in [2.24, 2.45) is 0 Å². The van der Waals surface area contributed by atoms with Gasteiger partial charge >= 0.3 is 5.97 Å². The Hall–Kier alpha value is -1.14. The summed E-state index contributed by atoms with van der Waals surface area (Å²) in [6.07, 6.45) is 78.5. The van der Waals surface area contributed by atoms with Gasteiger partial charge in [0, 0.05) is 12.8 Å². The summed E-state index contributed by atoms with van der Waals surface area (Å²) < 4.78 is 5.49. The van der Waals surface area contributed by atoms with Gasteiger partial charge in [-0.2, -0.15) is 0 Å². The summed E-state index contributed by atoms with van der Waals surface area (Å²) in [5, 5.41) is 23.4. The van der Waals surface area contributed by atoms with E-state index < -0.39 is 12.1 Å². The number of nitrogens with one attached hydrogen (secondary N) is 1. The monoisotopic (exact) mass is 1060 g/mol. The third-order valence-electron chi connectivity index (χ3n) is 16.7. The molecule has 0 rings (SSSR count). The van der Waals surface area contributed by atoms with Gasteiger partial charge in [-0.25, -0.2) is 0 Å². The number of ether oxygens (including phenoxy) is 1. The molecule has 0 aromatic heterocycles. The Bertz CT molecular complexity index is 1080. The fourth-order valence-corrected chi connectivity index (χ4v) is 11.4. The van der Waals surface area contributed by atoms with Crippen molar-refractivity contribution in [3.8, 4) is 0 Å². The zero-order valence-electron chi connectivity index (χ0n) is 51.3. The van der Waals surface area contributed by atoms with Crippen LogP contribution < -0.4 is 5.32 Å². The predicted molar refractivity (Wildman–Crippen MR) is 329 cm³/mol. The Labute approximate surface area is 470 Å². The summed E-state index contributed by atoms with van der Waals surface area (Å²) >= 11 is 0. The van der Waals surface area contributed by atoms with Gasteiger partial charge in [0.15, 0.2) is 0 Å². The number of amides is 1. The van der Waals surface area contributed by atoms with E-state index in [1.165, 1.54) is 334 Å². The van der Waals surface area contributed by atoms with Gasteiger partial charge in [-0.1, -0.05) is 367 Å². The zero-order chi connectivity index (χ0) is 54.3. The summed E-state index contributed by atoms with van der Waals surface area (Å²) in [4.78, 5) is 24.6. The smallest absolute Gasteiger partial charge is 0.305 e. The van der Waals surface area contributed by atoms with Crippen molar-refractivity contribution in [2.45, 2.75) is 418 Å². The van der Waals surface area contributed by atoms with E-state index in [4.69, 9.17) is 4.74 Å². The van der Waals surface area contributed by atoms with Gasteiger partial charge in [-0.3, -0.25) is 9.59 Å². The van der Waals surface area contributed by atoms with Gasteiger partial charge in [-0.05, 0) is 25.7 Å². The van der Waals surface area contributed by atoms with Crippen LogP contribution in [0.4, 0.5) is 0 Å². The van der Waals surface area contributed by atoms with Crippen molar-refractivity contribution in [1.82, 2.24) is 5.32 Å². The van der Waals surface area contributed by atoms with Crippen LogP contribution in [0.15, 0.2) is 0 Å². The van der Waals surface area contributed by atoms with E-state index in [1.54, 1.807) is 0 Å². The van der Waals surface area contributed by atoms with Crippen LogP contribution >= 0.6 is 0 Å². The molecular weight excluding hydrogens is 923 g/mol. The molecule has 75 heavy (non-hydrogen) atoms. The first-order valence-electron chi connectivity index (χ1n) is 34.8. The summed E-state index contributed by atoms with van der Waals surface area (Å²) in [6, 6.07) is -0.541. The zero-order valence-corrected chi connectivity index (χ0v) is 51.3. The summed E-state index contributed by atoms with van der Waals surface area (Å²) in [5.41, 5.74) is 0. The first-order chi connectivity index (χ1) is 37.0. The molecule has 0 aliphatic rings. The van der Waals surface area contributed by atoms with Crippen LogP contribution in [0.1, 0.15) is 406 Å². The quantitative estimate of drug-likeness (QED) is 0.0417. The summed E-state index contributed by atoms with van der Waals surface area (Å²) in [6.45, 7) is 5.00. The molecule has 0 aromatic carbocycles. The molecule has 6 heteroatoms. The number of aliphatic hydroxyl groups excluding tert-OH is 2. The highest BCUT2D eigenvalue weighted by molar-refractivity contribution is 5.76. The molecule has 0 aromatic rings. The fraction of sp³-hybridized carbons (Fsp3) is 0.971. The van der Waals surface area contributed by atoms with E-state index in [-0.39, 0.29) is 18.5 Å². The largest absolute Gasteiger partial charge is 0.466 e. The van der Waals surface area contributed by atoms with Crippen molar-refractivity contribution in [1.29, 1.82) is 0 Å². The van der Waals surface area contributed by atoms with Crippen molar-refractivity contribution < 1.29 is 24.5 Å². The lowest BCUT2D eigenvalue weighted by molar-refractivity contribution is -0.143. The highest BCUT2D eigenvalue weighted by Crippen LogP contribution is 2.19. The average molecular weight is 1060 g/mol. The Morgan fingerprint density at radius 1 is 0.320 bits per heavy atom. The lowest BCUT2D eigenvalue weighted by Gasteiger charge is -2.22. The molecule has 2 unspecified atom stereocenters. The van der Waals surface area contributed by atoms with Gasteiger partial charge in [-0.15, -0.1) is 0 Å². The van der Waals surface area contributed by atoms with E-state index in [2.05, 4.69) is 19.2 Å². The molecule has 448 valence electrons. The maximum atomic E-state index is 12.5. The van der Waals surface area contributed by atoms with Crippen molar-refractivity contribution in [3.63, 3.8) is 0 Å². The Kier molecular flexibility index (Phi) is 64.4. The van der Waals surface area contributed by atoms with Crippen molar-refractivity contribution >= 4 is 11.9 Å². The molecule has 0 bridgehead atoms. The first kappa shape index (κ1) is 73.9. The molecule has 0 fully saturated rings. The van der Waals surface area contributed by atoms with Gasteiger partial charge in [0.05, 0.1) is 25.4 Å². The molecule has 0 aliphatic heterocycles. The summed E-state index contributed by atoms with van der Waals surface area (Å²) in [7, 11) is 0. The number of carbonyl (C=O) groups excluding carboxylic acids is 2. The maximum Gasteiger partial charge on any atom is 0.305 e. The number of unbranched alkanes of at least 4 members (excludes halogenated alkanes) is 55. The van der Waals surface area contributed by atoms with E-state index in [9.17, 15) is 19.8 Å². The van der Waals surface area contributed by atoms with Crippen LogP contribution in [0.5, 0.6) is 0 Å². The fourth-order valence-electron chi connectivity index (χ4n) is 11.4. The normalized spacial score (nSPS) is 12.4. The van der Waals surface area contributed by atoms with Gasteiger partial charge < -0.3 is 20.3 Å². The number of aliphatic hydroxyl groups is 2. The minimum Gasteiger partial charge on any atom is -0.466 e. The maximum absolute atomic E-state index is 12.5. The molecule has 3 N–H and O–H groups in total. The van der Waals surface area contributed by atoms with Crippen LogP contribution in [-0.4, -0.2) is 47.4 Å². The van der Waals surface area contributed by atoms with E-state index in [1.807, 2.05) is 0 Å². The van der Waals surface area contributed by atoms with E-state index in [0.717, 1.165) is 38.5 Å². The van der Waals surface area contributed by atoms with Crippen LogP contribution in [0, 0.1) is 0 Å². The molecule has 0 aliphatic carbocycles. The molecule has 0 saturated heterocycles. The lowest BCUT2D eigenvalue weighted by Crippen LogP contribution is -2.45. The Balaban J connectivity index is 3.37. The number of hydrogen-bond donors (Lipinski definition) is 3. The molecule has 2 atom stereocenters. The van der Waals surface area contributed by atoms with Crippen molar-refractivity contribution in [2.75, 3.05) is 13.2 Å². The minimum absolute atomic E-state index is 0.0171. The van der Waals surface area contributed by atoms with Crippen molar-refractivity contribution in [3.05, 3.63) is 0 Å². The number of carbonyl (C=O) groups is 2. The Morgan fingerprint density at radius 2 is 0.547 bits per heavy atom. The molecule has 0 spiro atoms. The van der Waals surface area contributed by atoms with Crippen LogP contribution in [-0.2, 0) is 14.3 Å². The highest BCUT2D eigenvalue weighted by Gasteiger charge is 2.20. The second-order valence-corrected chi connectivity index (χ2v) is 24.2. The first-order valence-corrected chi connectivity index (χ1v) is 34.8. The SMILES string of the molecule is CCCCCCCCCCCCCCCCCCCCCCCCC(O)C(CO)NC(=O)CCCCCCCCCCCCCCCCCCCCCCCCOC(=O)CCCCCCCCCCCCCCCC. The van der Waals surface area contributed by atoms with Gasteiger partial charge in [0.1, 0.15) is 0 Å². The highest BCUT2D eigenvalue weighted by atomic mass is 16.5. The summed E-state index contributed by atoms with van der Waals surface area (Å²) in [5.74, 6) is -0.0125. The third-order valence-corrected chi connectivity index (χ3v) is 16.7. The van der Waals surface area contributed by atoms with Gasteiger partial charge in [0.2, 0.25) is 5.91 Å². The van der Waals surface area contributed by atoms with Gasteiger partial charge in [0.25, 0.3) is 0 Å². The minimum atomic E-state index is -0.664. The van der Waals surface area contributed by atoms with E-state index >= 15 is 0 Å². The third kappa shape index (κ3) is 61.9. The number of esters is 1. The molecule has 0 saturated carbocycles. The second-order valence-electron chi connectivity index (χ2n) is 24.2. The number of hydrogen-bond acceptors (Lipinski definition) is 5. The topological polar surface area (TPSA) is 95.9 Å². The van der Waals surface area contributed by atoms with Crippen LogP contribution in [0.2, 0.25) is 0 Å². The van der Waals surface area contributed by atoms with E-state index in [0.29, 0.717) is 25.9 Å². The predicted octanol–water partition coefficient (Wildman–Crippen LogP) is 22.2. The molecule has 0 heterocycles. The van der Waals surface area contributed by atoms with Crippen LogP contribution in [0.25, 0.3) is 0 Å². The molecule has 0 radical (unpaired) electrons.